The van der Waals surface area contributed by atoms with Crippen molar-refractivity contribution in [2.45, 2.75) is 6.92 Å². The summed E-state index contributed by atoms with van der Waals surface area (Å²) in [4.78, 5) is 12.0. The number of nitriles is 1. The molecule has 0 bridgehead atoms. The van der Waals surface area contributed by atoms with Gasteiger partial charge in [0.05, 0.1) is 27.9 Å². The molecule has 0 atom stereocenters. The minimum absolute atomic E-state index is 0.151. The zero-order chi connectivity index (χ0) is 15.6. The molecule has 106 valence electrons. The molecular formula is C15H9ClF2N2O. The lowest BCUT2D eigenvalue weighted by Crippen LogP contribution is -2.15. The fraction of sp³-hybridized carbons (Fsp3) is 0.0667. The summed E-state index contributed by atoms with van der Waals surface area (Å²) in [5, 5.41) is 11.4. The Morgan fingerprint density at radius 3 is 2.62 bits per heavy atom. The van der Waals surface area contributed by atoms with Crippen LogP contribution in [0.1, 0.15) is 21.5 Å². The van der Waals surface area contributed by atoms with Gasteiger partial charge in [-0.2, -0.15) is 5.26 Å². The summed E-state index contributed by atoms with van der Waals surface area (Å²) in [5.41, 5.74) is 0.332. The Balaban J connectivity index is 2.35. The van der Waals surface area contributed by atoms with E-state index < -0.39 is 17.5 Å². The van der Waals surface area contributed by atoms with Gasteiger partial charge in [0.2, 0.25) is 0 Å². The van der Waals surface area contributed by atoms with E-state index in [1.807, 2.05) is 6.07 Å². The molecule has 0 spiro atoms. The Bertz CT molecular complexity index is 769. The molecule has 0 radical (unpaired) electrons. The van der Waals surface area contributed by atoms with Gasteiger partial charge < -0.3 is 5.32 Å². The Hall–Kier alpha value is -2.45. The number of benzene rings is 2. The van der Waals surface area contributed by atoms with Crippen molar-refractivity contribution in [3.63, 3.8) is 0 Å². The number of hydrogen-bond donors (Lipinski definition) is 1. The van der Waals surface area contributed by atoms with Crippen LogP contribution >= 0.6 is 11.6 Å². The first-order valence-electron chi connectivity index (χ1n) is 5.89. The fourth-order valence-electron chi connectivity index (χ4n) is 1.71. The van der Waals surface area contributed by atoms with Gasteiger partial charge in [-0.1, -0.05) is 11.6 Å². The summed E-state index contributed by atoms with van der Waals surface area (Å²) >= 11 is 5.90. The molecule has 0 aliphatic carbocycles. The maximum Gasteiger partial charge on any atom is 0.258 e. The molecule has 0 unspecified atom stereocenters. The summed E-state index contributed by atoms with van der Waals surface area (Å²) in [6.07, 6.45) is 0. The molecule has 1 amide bonds. The lowest BCUT2D eigenvalue weighted by Gasteiger charge is -2.09. The van der Waals surface area contributed by atoms with Crippen molar-refractivity contribution in [2.24, 2.45) is 0 Å². The topological polar surface area (TPSA) is 52.9 Å². The van der Waals surface area contributed by atoms with Gasteiger partial charge in [0.1, 0.15) is 11.6 Å². The average Bonchev–Trinajstić information content (AvgIpc) is 2.45. The largest absolute Gasteiger partial charge is 0.320 e. The third-order valence-electron chi connectivity index (χ3n) is 2.84. The molecule has 0 aromatic heterocycles. The highest BCUT2D eigenvalue weighted by Gasteiger charge is 2.16. The highest BCUT2D eigenvalue weighted by Crippen LogP contribution is 2.24. The summed E-state index contributed by atoms with van der Waals surface area (Å²) in [5.74, 6) is -2.47. The van der Waals surface area contributed by atoms with E-state index in [1.54, 1.807) is 0 Å². The minimum Gasteiger partial charge on any atom is -0.320 e. The second-order valence-electron chi connectivity index (χ2n) is 4.34. The number of halogens is 3. The average molecular weight is 307 g/mol. The van der Waals surface area contributed by atoms with E-state index in [4.69, 9.17) is 16.9 Å². The van der Waals surface area contributed by atoms with Gasteiger partial charge in [-0.15, -0.1) is 0 Å². The zero-order valence-electron chi connectivity index (χ0n) is 10.9. The van der Waals surface area contributed by atoms with Crippen molar-refractivity contribution in [1.82, 2.24) is 0 Å². The first-order chi connectivity index (χ1) is 9.92. The first kappa shape index (κ1) is 14.9. The van der Waals surface area contributed by atoms with E-state index in [-0.39, 0.29) is 21.8 Å². The third kappa shape index (κ3) is 3.18. The lowest BCUT2D eigenvalue weighted by atomic mass is 10.1. The SMILES string of the molecule is Cc1cc(C(=O)Nc2cc(C#N)ccc2Cl)c(F)cc1F. The van der Waals surface area contributed by atoms with Crippen molar-refractivity contribution in [3.8, 4) is 6.07 Å². The zero-order valence-corrected chi connectivity index (χ0v) is 11.6. The molecule has 2 rings (SSSR count). The van der Waals surface area contributed by atoms with Crippen molar-refractivity contribution < 1.29 is 13.6 Å². The number of anilines is 1. The van der Waals surface area contributed by atoms with Crippen LogP contribution in [0.25, 0.3) is 0 Å². The Morgan fingerprint density at radius 2 is 1.95 bits per heavy atom. The number of rotatable bonds is 2. The summed E-state index contributed by atoms with van der Waals surface area (Å²) in [7, 11) is 0. The summed E-state index contributed by atoms with van der Waals surface area (Å²) in [6.45, 7) is 1.43. The van der Waals surface area contributed by atoms with E-state index in [2.05, 4.69) is 5.32 Å². The molecule has 21 heavy (non-hydrogen) atoms. The quantitative estimate of drug-likeness (QED) is 0.910. The first-order valence-corrected chi connectivity index (χ1v) is 6.27. The lowest BCUT2D eigenvalue weighted by molar-refractivity contribution is 0.102. The van der Waals surface area contributed by atoms with Crippen LogP contribution in [0, 0.1) is 29.9 Å². The summed E-state index contributed by atoms with van der Waals surface area (Å²) in [6, 6.07) is 7.97. The second kappa shape index (κ2) is 5.90. The second-order valence-corrected chi connectivity index (χ2v) is 4.75. The van der Waals surface area contributed by atoms with E-state index >= 15 is 0 Å². The third-order valence-corrected chi connectivity index (χ3v) is 3.17. The predicted molar refractivity (Wildman–Crippen MR) is 75.2 cm³/mol. The molecule has 0 heterocycles. The van der Waals surface area contributed by atoms with Gasteiger partial charge in [0.15, 0.2) is 0 Å². The van der Waals surface area contributed by atoms with Gasteiger partial charge in [0.25, 0.3) is 5.91 Å². The van der Waals surface area contributed by atoms with Gasteiger partial charge in [-0.05, 0) is 36.8 Å². The molecule has 6 heteroatoms. The number of carbonyl (C=O) groups excluding carboxylic acids is 1. The molecule has 3 nitrogen and oxygen atoms in total. The van der Waals surface area contributed by atoms with Crippen LogP contribution in [0.3, 0.4) is 0 Å². The molecule has 2 aromatic rings. The van der Waals surface area contributed by atoms with Gasteiger partial charge in [-0.3, -0.25) is 4.79 Å². The molecule has 0 aliphatic rings. The van der Waals surface area contributed by atoms with Crippen molar-refractivity contribution in [2.75, 3.05) is 5.32 Å². The summed E-state index contributed by atoms with van der Waals surface area (Å²) < 4.78 is 26.8. The van der Waals surface area contributed by atoms with Crippen molar-refractivity contribution in [1.29, 1.82) is 5.26 Å². The van der Waals surface area contributed by atoms with Crippen LogP contribution in [0.4, 0.5) is 14.5 Å². The smallest absolute Gasteiger partial charge is 0.258 e. The standard InChI is InChI=1S/C15H9ClF2N2O/c1-8-4-10(13(18)6-12(8)17)15(21)20-14-5-9(7-19)2-3-11(14)16/h2-6H,1H3,(H,20,21). The van der Waals surface area contributed by atoms with E-state index in [0.717, 1.165) is 6.07 Å². The van der Waals surface area contributed by atoms with Crippen LogP contribution in [0.5, 0.6) is 0 Å². The predicted octanol–water partition coefficient (Wildman–Crippen LogP) is 4.05. The minimum atomic E-state index is -0.969. The highest BCUT2D eigenvalue weighted by atomic mass is 35.5. The maximum atomic E-state index is 13.6. The maximum absolute atomic E-state index is 13.6. The molecule has 2 aromatic carbocycles. The van der Waals surface area contributed by atoms with Crippen LogP contribution in [0.2, 0.25) is 5.02 Å². The van der Waals surface area contributed by atoms with Gasteiger partial charge in [0, 0.05) is 6.07 Å². The highest BCUT2D eigenvalue weighted by molar-refractivity contribution is 6.34. The van der Waals surface area contributed by atoms with E-state index in [9.17, 15) is 13.6 Å². The molecule has 1 N–H and O–H groups in total. The van der Waals surface area contributed by atoms with Crippen LogP contribution in [-0.4, -0.2) is 5.91 Å². The van der Waals surface area contributed by atoms with Crippen LogP contribution < -0.4 is 5.32 Å². The van der Waals surface area contributed by atoms with Crippen molar-refractivity contribution >= 4 is 23.2 Å². The van der Waals surface area contributed by atoms with Gasteiger partial charge in [-0.25, -0.2) is 8.78 Å². The Labute approximate surface area is 124 Å². The number of nitrogens with one attached hydrogen (secondary N) is 1. The van der Waals surface area contributed by atoms with Crippen LogP contribution in [-0.2, 0) is 0 Å². The van der Waals surface area contributed by atoms with Crippen molar-refractivity contribution in [3.05, 3.63) is 63.7 Å². The van der Waals surface area contributed by atoms with Crippen LogP contribution in [0.15, 0.2) is 30.3 Å². The number of hydrogen-bond acceptors (Lipinski definition) is 2. The van der Waals surface area contributed by atoms with E-state index in [0.29, 0.717) is 11.6 Å². The number of nitrogens with zero attached hydrogens (tertiary/aromatic N) is 1. The number of carbonyl (C=O) groups is 1. The molecule has 0 saturated carbocycles. The fourth-order valence-corrected chi connectivity index (χ4v) is 1.88. The molecule has 0 aliphatic heterocycles. The van der Waals surface area contributed by atoms with E-state index in [1.165, 1.54) is 25.1 Å². The number of amides is 1. The monoisotopic (exact) mass is 306 g/mol. The number of aryl methyl sites for hydroxylation is 1. The molecular weight excluding hydrogens is 298 g/mol. The van der Waals surface area contributed by atoms with Gasteiger partial charge >= 0.3 is 0 Å². The Kier molecular flexibility index (Phi) is 4.20. The molecule has 0 saturated heterocycles. The Morgan fingerprint density at radius 1 is 1.24 bits per heavy atom. The molecule has 0 fully saturated rings. The normalized spacial score (nSPS) is 10.0.